The zero-order valence-electron chi connectivity index (χ0n) is 13.4. The SMILES string of the molecule is Cc1ccc(-c2cc(CN3CCO[C@H](C)[C@H]3C(N)=O)on2)cc1. The van der Waals surface area contributed by atoms with Crippen LogP contribution in [-0.2, 0) is 16.1 Å². The summed E-state index contributed by atoms with van der Waals surface area (Å²) in [6.07, 6.45) is -0.222. The molecule has 0 bridgehead atoms. The molecule has 1 aliphatic heterocycles. The summed E-state index contributed by atoms with van der Waals surface area (Å²) in [5.74, 6) is 0.330. The number of aryl methyl sites for hydroxylation is 1. The fourth-order valence-electron chi connectivity index (χ4n) is 2.92. The molecule has 6 nitrogen and oxygen atoms in total. The van der Waals surface area contributed by atoms with E-state index in [-0.39, 0.29) is 12.0 Å². The lowest BCUT2D eigenvalue weighted by molar-refractivity contribution is -0.136. The number of carbonyl (C=O) groups excluding carboxylic acids is 1. The van der Waals surface area contributed by atoms with Gasteiger partial charge in [-0.15, -0.1) is 0 Å². The Morgan fingerprint density at radius 1 is 1.39 bits per heavy atom. The monoisotopic (exact) mass is 315 g/mol. The van der Waals surface area contributed by atoms with Crippen molar-refractivity contribution < 1.29 is 14.1 Å². The Labute approximate surface area is 135 Å². The van der Waals surface area contributed by atoms with Crippen LogP contribution in [0.5, 0.6) is 0 Å². The van der Waals surface area contributed by atoms with E-state index in [1.807, 2.05) is 49.1 Å². The zero-order valence-corrected chi connectivity index (χ0v) is 13.4. The number of benzene rings is 1. The Hall–Kier alpha value is -2.18. The van der Waals surface area contributed by atoms with Gasteiger partial charge in [-0.25, -0.2) is 0 Å². The molecular weight excluding hydrogens is 294 g/mol. The summed E-state index contributed by atoms with van der Waals surface area (Å²) in [7, 11) is 0. The predicted octanol–water partition coefficient (Wildman–Crippen LogP) is 1.72. The fraction of sp³-hybridized carbons (Fsp3) is 0.412. The lowest BCUT2D eigenvalue weighted by Crippen LogP contribution is -2.55. The number of ether oxygens (including phenoxy) is 1. The maximum atomic E-state index is 11.7. The third kappa shape index (κ3) is 3.43. The van der Waals surface area contributed by atoms with Gasteiger partial charge in [0.15, 0.2) is 5.76 Å². The molecule has 0 spiro atoms. The second-order valence-corrected chi connectivity index (χ2v) is 5.94. The highest BCUT2D eigenvalue weighted by molar-refractivity contribution is 5.80. The lowest BCUT2D eigenvalue weighted by Gasteiger charge is -2.37. The third-order valence-corrected chi connectivity index (χ3v) is 4.15. The van der Waals surface area contributed by atoms with Gasteiger partial charge in [0, 0.05) is 18.2 Å². The molecule has 2 N–H and O–H groups in total. The summed E-state index contributed by atoms with van der Waals surface area (Å²) in [6, 6.07) is 9.56. The highest BCUT2D eigenvalue weighted by Crippen LogP contribution is 2.22. The second-order valence-electron chi connectivity index (χ2n) is 5.94. The van der Waals surface area contributed by atoms with Crippen LogP contribution in [0.25, 0.3) is 11.3 Å². The molecule has 1 aromatic carbocycles. The van der Waals surface area contributed by atoms with Gasteiger partial charge in [-0.1, -0.05) is 35.0 Å². The van der Waals surface area contributed by atoms with Crippen LogP contribution in [0.15, 0.2) is 34.9 Å². The van der Waals surface area contributed by atoms with Crippen LogP contribution in [0.3, 0.4) is 0 Å². The van der Waals surface area contributed by atoms with Gasteiger partial charge in [-0.2, -0.15) is 0 Å². The van der Waals surface area contributed by atoms with Crippen molar-refractivity contribution in [2.75, 3.05) is 13.2 Å². The first-order chi connectivity index (χ1) is 11.0. The molecule has 1 fully saturated rings. The first-order valence-corrected chi connectivity index (χ1v) is 7.72. The van der Waals surface area contributed by atoms with Gasteiger partial charge >= 0.3 is 0 Å². The topological polar surface area (TPSA) is 81.6 Å². The number of hydrogen-bond acceptors (Lipinski definition) is 5. The highest BCUT2D eigenvalue weighted by atomic mass is 16.5. The molecule has 23 heavy (non-hydrogen) atoms. The summed E-state index contributed by atoms with van der Waals surface area (Å²) in [4.78, 5) is 13.7. The van der Waals surface area contributed by atoms with Gasteiger partial charge in [0.2, 0.25) is 5.91 Å². The van der Waals surface area contributed by atoms with Crippen molar-refractivity contribution >= 4 is 5.91 Å². The van der Waals surface area contributed by atoms with Crippen molar-refractivity contribution in [2.45, 2.75) is 32.5 Å². The predicted molar refractivity (Wildman–Crippen MR) is 85.5 cm³/mol. The zero-order chi connectivity index (χ0) is 16.4. The molecule has 122 valence electrons. The smallest absolute Gasteiger partial charge is 0.237 e. The minimum atomic E-state index is -0.448. The van der Waals surface area contributed by atoms with E-state index >= 15 is 0 Å². The van der Waals surface area contributed by atoms with Crippen LogP contribution < -0.4 is 5.73 Å². The molecule has 2 atom stereocenters. The van der Waals surface area contributed by atoms with Crippen molar-refractivity contribution in [3.05, 3.63) is 41.7 Å². The maximum absolute atomic E-state index is 11.7. The minimum Gasteiger partial charge on any atom is -0.375 e. The first kappa shape index (κ1) is 15.7. The van der Waals surface area contributed by atoms with E-state index in [4.69, 9.17) is 15.0 Å². The van der Waals surface area contributed by atoms with E-state index in [0.717, 1.165) is 11.3 Å². The second kappa shape index (κ2) is 6.52. The Bertz CT molecular complexity index is 681. The lowest BCUT2D eigenvalue weighted by atomic mass is 10.1. The Morgan fingerprint density at radius 2 is 2.13 bits per heavy atom. The Kier molecular flexibility index (Phi) is 4.45. The van der Waals surface area contributed by atoms with Gasteiger partial charge in [0.05, 0.1) is 19.3 Å². The van der Waals surface area contributed by atoms with E-state index in [1.54, 1.807) is 0 Å². The maximum Gasteiger partial charge on any atom is 0.237 e. The molecule has 1 aliphatic rings. The summed E-state index contributed by atoms with van der Waals surface area (Å²) in [5, 5.41) is 4.12. The molecule has 1 aromatic heterocycles. The number of carbonyl (C=O) groups is 1. The van der Waals surface area contributed by atoms with Gasteiger partial charge in [-0.05, 0) is 13.8 Å². The molecular formula is C17H21N3O3. The van der Waals surface area contributed by atoms with Crippen molar-refractivity contribution in [3.8, 4) is 11.3 Å². The van der Waals surface area contributed by atoms with Crippen molar-refractivity contribution in [1.29, 1.82) is 0 Å². The summed E-state index contributed by atoms with van der Waals surface area (Å²) < 4.78 is 10.9. The number of nitrogens with two attached hydrogens (primary N) is 1. The van der Waals surface area contributed by atoms with E-state index in [9.17, 15) is 4.79 Å². The van der Waals surface area contributed by atoms with Crippen LogP contribution >= 0.6 is 0 Å². The fourth-order valence-corrected chi connectivity index (χ4v) is 2.92. The number of morpholine rings is 1. The van der Waals surface area contributed by atoms with Gasteiger partial charge in [0.1, 0.15) is 11.7 Å². The van der Waals surface area contributed by atoms with Gasteiger partial charge < -0.3 is 15.0 Å². The van der Waals surface area contributed by atoms with E-state index in [1.165, 1.54) is 5.56 Å². The summed E-state index contributed by atoms with van der Waals surface area (Å²) in [6.45, 7) is 5.60. The standard InChI is InChI=1S/C17H21N3O3/c1-11-3-5-13(6-4-11)15-9-14(23-19-15)10-20-7-8-22-12(2)16(20)17(18)21/h3-6,9,12,16H,7-8,10H2,1-2H3,(H2,18,21)/t12-,16+/m1/s1. The summed E-state index contributed by atoms with van der Waals surface area (Å²) in [5.41, 5.74) is 8.50. The number of aromatic nitrogens is 1. The Morgan fingerprint density at radius 3 is 2.83 bits per heavy atom. The molecule has 0 unspecified atom stereocenters. The molecule has 0 saturated carbocycles. The van der Waals surface area contributed by atoms with E-state index in [2.05, 4.69) is 5.16 Å². The third-order valence-electron chi connectivity index (χ3n) is 4.15. The quantitative estimate of drug-likeness (QED) is 0.929. The van der Waals surface area contributed by atoms with Crippen LogP contribution in [0, 0.1) is 6.92 Å². The molecule has 3 rings (SSSR count). The molecule has 2 aromatic rings. The normalized spacial score (nSPS) is 22.2. The van der Waals surface area contributed by atoms with E-state index in [0.29, 0.717) is 25.5 Å². The molecule has 0 radical (unpaired) electrons. The van der Waals surface area contributed by atoms with Crippen LogP contribution in [-0.4, -0.2) is 41.3 Å². The van der Waals surface area contributed by atoms with Crippen LogP contribution in [0.2, 0.25) is 0 Å². The average Bonchev–Trinajstić information content (AvgIpc) is 2.96. The van der Waals surface area contributed by atoms with Crippen LogP contribution in [0.1, 0.15) is 18.2 Å². The molecule has 2 heterocycles. The number of nitrogens with zero attached hydrogens (tertiary/aromatic N) is 2. The van der Waals surface area contributed by atoms with Crippen molar-refractivity contribution in [1.82, 2.24) is 10.1 Å². The first-order valence-electron chi connectivity index (χ1n) is 7.72. The van der Waals surface area contributed by atoms with Gasteiger partial charge in [0.25, 0.3) is 0 Å². The number of amides is 1. The minimum absolute atomic E-state index is 0.222. The number of primary amides is 1. The van der Waals surface area contributed by atoms with Crippen molar-refractivity contribution in [3.63, 3.8) is 0 Å². The Balaban J connectivity index is 1.75. The molecule has 1 saturated heterocycles. The number of rotatable bonds is 4. The molecule has 6 heteroatoms. The molecule has 1 amide bonds. The average molecular weight is 315 g/mol. The van der Waals surface area contributed by atoms with Crippen molar-refractivity contribution in [2.24, 2.45) is 5.73 Å². The van der Waals surface area contributed by atoms with Gasteiger partial charge in [-0.3, -0.25) is 9.69 Å². The highest BCUT2D eigenvalue weighted by Gasteiger charge is 2.34. The summed E-state index contributed by atoms with van der Waals surface area (Å²) >= 11 is 0. The largest absolute Gasteiger partial charge is 0.375 e. The number of hydrogen-bond donors (Lipinski definition) is 1. The van der Waals surface area contributed by atoms with E-state index < -0.39 is 6.04 Å². The molecule has 0 aliphatic carbocycles. The van der Waals surface area contributed by atoms with Crippen LogP contribution in [0.4, 0.5) is 0 Å².